The number of aryl methyl sites for hydroxylation is 3. The lowest BCUT2D eigenvalue weighted by Gasteiger charge is -2.32. The van der Waals surface area contributed by atoms with Crippen LogP contribution in [0.5, 0.6) is 5.75 Å². The summed E-state index contributed by atoms with van der Waals surface area (Å²) in [6, 6.07) is 20.3. The molecule has 0 atom stereocenters. The quantitative estimate of drug-likeness (QED) is 0.325. The number of amides is 1. The minimum absolute atomic E-state index is 0.190. The maximum absolute atomic E-state index is 12.7. The third-order valence-corrected chi connectivity index (χ3v) is 7.25. The Hall–Kier alpha value is -3.67. The van der Waals surface area contributed by atoms with E-state index in [9.17, 15) is 4.79 Å². The third-order valence-electron chi connectivity index (χ3n) is 7.25. The van der Waals surface area contributed by atoms with Gasteiger partial charge >= 0.3 is 0 Å². The van der Waals surface area contributed by atoms with Crippen molar-refractivity contribution in [1.82, 2.24) is 19.5 Å². The summed E-state index contributed by atoms with van der Waals surface area (Å²) in [4.78, 5) is 19.6. The predicted molar refractivity (Wildman–Crippen MR) is 142 cm³/mol. The van der Waals surface area contributed by atoms with Crippen molar-refractivity contribution in [2.45, 2.75) is 46.0 Å². The molecule has 2 aromatic carbocycles. The summed E-state index contributed by atoms with van der Waals surface area (Å²) >= 11 is 0. The van der Waals surface area contributed by atoms with E-state index in [0.29, 0.717) is 18.9 Å². The number of piperidine rings is 1. The smallest absolute Gasteiger partial charge is 0.225 e. The van der Waals surface area contributed by atoms with Crippen LogP contribution in [0.4, 0.5) is 0 Å². The second kappa shape index (κ2) is 10.9. The van der Waals surface area contributed by atoms with Crippen molar-refractivity contribution in [3.8, 4) is 17.0 Å². The first-order chi connectivity index (χ1) is 17.6. The highest BCUT2D eigenvalue weighted by atomic mass is 16.5. The van der Waals surface area contributed by atoms with Gasteiger partial charge in [0.15, 0.2) is 5.65 Å². The molecule has 4 aromatic rings. The van der Waals surface area contributed by atoms with Gasteiger partial charge in [-0.05, 0) is 69.2 Å². The fourth-order valence-electron chi connectivity index (χ4n) is 5.07. The molecule has 2 aromatic heterocycles. The molecule has 0 N–H and O–H groups in total. The molecule has 0 saturated carbocycles. The summed E-state index contributed by atoms with van der Waals surface area (Å²) in [6.07, 6.45) is 6.45. The monoisotopic (exact) mass is 482 g/mol. The fourth-order valence-corrected chi connectivity index (χ4v) is 5.07. The Morgan fingerprint density at radius 2 is 1.75 bits per heavy atom. The van der Waals surface area contributed by atoms with Crippen LogP contribution in [0.15, 0.2) is 66.9 Å². The molecule has 6 nitrogen and oxygen atoms in total. The Kier molecular flexibility index (Phi) is 7.31. The molecular formula is C30H34N4O2. The summed E-state index contributed by atoms with van der Waals surface area (Å²) in [7, 11) is 0. The number of carbonyl (C=O) groups excluding carboxylic acids is 1. The van der Waals surface area contributed by atoms with Crippen molar-refractivity contribution < 1.29 is 9.53 Å². The van der Waals surface area contributed by atoms with Crippen LogP contribution in [-0.4, -0.2) is 45.1 Å². The molecule has 0 radical (unpaired) electrons. The normalized spacial score (nSPS) is 14.3. The van der Waals surface area contributed by atoms with Crippen LogP contribution in [0.2, 0.25) is 0 Å². The SMILES string of the molecule is Cc1ccccc1-c1cc(CCC2CCN(C(=O)CCOc3ccccc3)CC2)n2ncc(C)c2n1. The molecule has 1 saturated heterocycles. The van der Waals surface area contributed by atoms with E-state index < -0.39 is 0 Å². The lowest BCUT2D eigenvalue weighted by atomic mass is 9.91. The first-order valence-electron chi connectivity index (χ1n) is 12.9. The maximum Gasteiger partial charge on any atom is 0.225 e. The number of nitrogens with zero attached hydrogens (tertiary/aromatic N) is 4. The van der Waals surface area contributed by atoms with Crippen LogP contribution in [-0.2, 0) is 11.2 Å². The average molecular weight is 483 g/mol. The predicted octanol–water partition coefficient (Wildman–Crippen LogP) is 5.65. The molecule has 6 heteroatoms. The molecule has 186 valence electrons. The van der Waals surface area contributed by atoms with Gasteiger partial charge in [0.2, 0.25) is 5.91 Å². The van der Waals surface area contributed by atoms with E-state index in [1.54, 1.807) is 0 Å². The number of benzene rings is 2. The number of fused-ring (bicyclic) bond motifs is 1. The van der Waals surface area contributed by atoms with Gasteiger partial charge in [-0.3, -0.25) is 4.79 Å². The van der Waals surface area contributed by atoms with E-state index in [1.165, 1.54) is 16.8 Å². The van der Waals surface area contributed by atoms with E-state index in [2.05, 4.69) is 49.3 Å². The van der Waals surface area contributed by atoms with Crippen LogP contribution in [0.3, 0.4) is 0 Å². The third kappa shape index (κ3) is 5.43. The number of likely N-dealkylation sites (tertiary alicyclic amines) is 1. The molecule has 0 unspecified atom stereocenters. The molecule has 0 aliphatic carbocycles. The second-order valence-corrected chi connectivity index (χ2v) is 9.78. The zero-order chi connectivity index (χ0) is 24.9. The topological polar surface area (TPSA) is 59.7 Å². The molecule has 5 rings (SSSR count). The van der Waals surface area contributed by atoms with E-state index in [1.807, 2.05) is 45.9 Å². The molecule has 0 spiro atoms. The van der Waals surface area contributed by atoms with Crippen LogP contribution >= 0.6 is 0 Å². The van der Waals surface area contributed by atoms with E-state index in [4.69, 9.17) is 9.72 Å². The summed E-state index contributed by atoms with van der Waals surface area (Å²) in [5.41, 5.74) is 6.63. The van der Waals surface area contributed by atoms with Gasteiger partial charge in [0.1, 0.15) is 5.75 Å². The zero-order valence-corrected chi connectivity index (χ0v) is 21.2. The maximum atomic E-state index is 12.7. The molecule has 1 aliphatic heterocycles. The van der Waals surface area contributed by atoms with Gasteiger partial charge in [-0.1, -0.05) is 42.5 Å². The van der Waals surface area contributed by atoms with Crippen molar-refractivity contribution in [3.05, 3.63) is 83.7 Å². The highest BCUT2D eigenvalue weighted by Crippen LogP contribution is 2.27. The Labute approximate surface area is 212 Å². The Balaban J connectivity index is 1.17. The molecule has 1 fully saturated rings. The molecule has 1 amide bonds. The summed E-state index contributed by atoms with van der Waals surface area (Å²) in [5, 5.41) is 4.61. The molecule has 3 heterocycles. The van der Waals surface area contributed by atoms with Crippen LogP contribution in [0.25, 0.3) is 16.9 Å². The standard InChI is InChI=1S/C30H34N4O2/c1-22-8-6-7-11-27(22)28-20-25(34-30(32-28)23(2)21-31-34)13-12-24-14-17-33(18-15-24)29(35)16-19-36-26-9-4-3-5-10-26/h3-11,20-21,24H,12-19H2,1-2H3. The largest absolute Gasteiger partial charge is 0.493 e. The Morgan fingerprint density at radius 3 is 2.53 bits per heavy atom. The van der Waals surface area contributed by atoms with Gasteiger partial charge < -0.3 is 9.64 Å². The van der Waals surface area contributed by atoms with Crippen molar-refractivity contribution in [3.63, 3.8) is 0 Å². The number of hydrogen-bond acceptors (Lipinski definition) is 4. The molecule has 1 aliphatic rings. The van der Waals surface area contributed by atoms with E-state index in [-0.39, 0.29) is 5.91 Å². The van der Waals surface area contributed by atoms with Crippen molar-refractivity contribution >= 4 is 11.6 Å². The minimum atomic E-state index is 0.190. The Morgan fingerprint density at radius 1 is 1.00 bits per heavy atom. The fraction of sp³-hybridized carbons (Fsp3) is 0.367. The number of ether oxygens (including phenoxy) is 1. The lowest BCUT2D eigenvalue weighted by Crippen LogP contribution is -2.39. The van der Waals surface area contributed by atoms with Crippen molar-refractivity contribution in [2.75, 3.05) is 19.7 Å². The highest BCUT2D eigenvalue weighted by Gasteiger charge is 2.23. The summed E-state index contributed by atoms with van der Waals surface area (Å²) in [5.74, 6) is 1.61. The first kappa shape index (κ1) is 24.0. The van der Waals surface area contributed by atoms with Crippen LogP contribution < -0.4 is 4.74 Å². The second-order valence-electron chi connectivity index (χ2n) is 9.78. The van der Waals surface area contributed by atoms with Gasteiger partial charge in [-0.25, -0.2) is 9.50 Å². The number of aromatic nitrogens is 3. The van der Waals surface area contributed by atoms with Crippen molar-refractivity contribution in [2.24, 2.45) is 5.92 Å². The first-order valence-corrected chi connectivity index (χ1v) is 12.9. The van der Waals surface area contributed by atoms with Gasteiger partial charge in [-0.15, -0.1) is 0 Å². The average Bonchev–Trinajstić information content (AvgIpc) is 3.29. The van der Waals surface area contributed by atoms with Gasteiger partial charge in [0.25, 0.3) is 0 Å². The summed E-state index contributed by atoms with van der Waals surface area (Å²) in [6.45, 7) is 6.28. The zero-order valence-electron chi connectivity index (χ0n) is 21.2. The van der Waals surface area contributed by atoms with Gasteiger partial charge in [-0.2, -0.15) is 5.10 Å². The number of rotatable bonds is 8. The molecule has 36 heavy (non-hydrogen) atoms. The van der Waals surface area contributed by atoms with Gasteiger partial charge in [0, 0.05) is 29.9 Å². The molecular weight excluding hydrogens is 448 g/mol. The Bertz CT molecular complexity index is 1320. The highest BCUT2D eigenvalue weighted by molar-refractivity contribution is 5.76. The minimum Gasteiger partial charge on any atom is -0.493 e. The van der Waals surface area contributed by atoms with E-state index in [0.717, 1.165) is 61.4 Å². The van der Waals surface area contributed by atoms with Crippen LogP contribution in [0, 0.1) is 19.8 Å². The summed E-state index contributed by atoms with van der Waals surface area (Å²) < 4.78 is 7.70. The number of hydrogen-bond donors (Lipinski definition) is 0. The van der Waals surface area contributed by atoms with Crippen molar-refractivity contribution in [1.29, 1.82) is 0 Å². The number of para-hydroxylation sites is 1. The van der Waals surface area contributed by atoms with E-state index >= 15 is 0 Å². The lowest BCUT2D eigenvalue weighted by molar-refractivity contribution is -0.133. The number of carbonyl (C=O) groups is 1. The van der Waals surface area contributed by atoms with Gasteiger partial charge in [0.05, 0.1) is 24.9 Å². The van der Waals surface area contributed by atoms with Crippen LogP contribution in [0.1, 0.15) is 42.5 Å². The molecule has 0 bridgehead atoms.